The summed E-state index contributed by atoms with van der Waals surface area (Å²) >= 11 is 0. The molecule has 2 N–H and O–H groups in total. The Balaban J connectivity index is 1.25. The minimum Gasteiger partial charge on any atom is -0.369 e. The Hall–Kier alpha value is -2.61. The van der Waals surface area contributed by atoms with Crippen molar-refractivity contribution in [3.05, 3.63) is 42.0 Å². The van der Waals surface area contributed by atoms with E-state index in [-0.39, 0.29) is 0 Å². The van der Waals surface area contributed by atoms with E-state index in [0.717, 1.165) is 70.4 Å². The summed E-state index contributed by atoms with van der Waals surface area (Å²) in [7, 11) is 1.82. The van der Waals surface area contributed by atoms with Crippen molar-refractivity contribution < 1.29 is 0 Å². The second-order valence-corrected chi connectivity index (χ2v) is 8.09. The van der Waals surface area contributed by atoms with Crippen molar-refractivity contribution in [2.24, 2.45) is 4.99 Å². The SMILES string of the molecule is CCc1nncn1CCNC(=NC)NCCCCN1CCN(c2cccc(C)c2)CC1. The Kier molecular flexibility index (Phi) is 9.15. The average molecular weight is 427 g/mol. The van der Waals surface area contributed by atoms with Crippen molar-refractivity contribution in [2.75, 3.05) is 57.8 Å². The highest BCUT2D eigenvalue weighted by atomic mass is 15.3. The fourth-order valence-corrected chi connectivity index (χ4v) is 3.98. The zero-order valence-electron chi connectivity index (χ0n) is 19.3. The van der Waals surface area contributed by atoms with E-state index in [1.165, 1.54) is 24.2 Å². The van der Waals surface area contributed by atoms with Crippen molar-refractivity contribution in [3.63, 3.8) is 0 Å². The van der Waals surface area contributed by atoms with Gasteiger partial charge < -0.3 is 20.1 Å². The summed E-state index contributed by atoms with van der Waals surface area (Å²) in [5.41, 5.74) is 2.69. The molecule has 1 aromatic carbocycles. The smallest absolute Gasteiger partial charge is 0.191 e. The largest absolute Gasteiger partial charge is 0.369 e. The molecule has 0 unspecified atom stereocenters. The molecule has 1 aliphatic heterocycles. The molecule has 1 aliphatic rings. The zero-order chi connectivity index (χ0) is 21.9. The van der Waals surface area contributed by atoms with Crippen molar-refractivity contribution in [3.8, 4) is 0 Å². The van der Waals surface area contributed by atoms with E-state index in [9.17, 15) is 0 Å². The lowest BCUT2D eigenvalue weighted by Gasteiger charge is -2.36. The summed E-state index contributed by atoms with van der Waals surface area (Å²) in [6.45, 7) is 12.5. The molecule has 2 heterocycles. The monoisotopic (exact) mass is 426 g/mol. The van der Waals surface area contributed by atoms with Gasteiger partial charge in [0.1, 0.15) is 12.2 Å². The molecule has 0 radical (unpaired) electrons. The van der Waals surface area contributed by atoms with E-state index in [1.54, 1.807) is 6.33 Å². The Morgan fingerprint density at radius 3 is 2.61 bits per heavy atom. The maximum Gasteiger partial charge on any atom is 0.191 e. The van der Waals surface area contributed by atoms with Crippen LogP contribution < -0.4 is 15.5 Å². The van der Waals surface area contributed by atoms with Crippen LogP contribution in [-0.2, 0) is 13.0 Å². The molecule has 0 spiro atoms. The molecule has 170 valence electrons. The summed E-state index contributed by atoms with van der Waals surface area (Å²) in [5, 5.41) is 14.9. The third-order valence-corrected chi connectivity index (χ3v) is 5.81. The number of hydrogen-bond donors (Lipinski definition) is 2. The number of piperazine rings is 1. The quantitative estimate of drug-likeness (QED) is 0.344. The molecule has 0 amide bonds. The first-order valence-electron chi connectivity index (χ1n) is 11.5. The van der Waals surface area contributed by atoms with Crippen LogP contribution in [0.2, 0.25) is 0 Å². The second-order valence-electron chi connectivity index (χ2n) is 8.09. The van der Waals surface area contributed by atoms with Crippen molar-refractivity contribution in [1.82, 2.24) is 30.3 Å². The highest BCUT2D eigenvalue weighted by molar-refractivity contribution is 5.79. The number of hydrogen-bond acceptors (Lipinski definition) is 5. The molecule has 0 saturated carbocycles. The Bertz CT molecular complexity index is 807. The summed E-state index contributed by atoms with van der Waals surface area (Å²) in [6.07, 6.45) is 5.03. The minimum atomic E-state index is 0.802. The Labute approximate surface area is 186 Å². The molecule has 1 saturated heterocycles. The maximum atomic E-state index is 4.32. The molecule has 8 heteroatoms. The lowest BCUT2D eigenvalue weighted by Crippen LogP contribution is -2.46. The van der Waals surface area contributed by atoms with Crippen LogP contribution in [0.3, 0.4) is 0 Å². The third-order valence-electron chi connectivity index (χ3n) is 5.81. The summed E-state index contributed by atoms with van der Waals surface area (Å²) in [5.74, 6) is 1.88. The number of nitrogens with zero attached hydrogens (tertiary/aromatic N) is 6. The van der Waals surface area contributed by atoms with E-state index < -0.39 is 0 Å². The van der Waals surface area contributed by atoms with Gasteiger partial charge in [0.05, 0.1) is 0 Å². The molecule has 0 bridgehead atoms. The second kappa shape index (κ2) is 12.3. The van der Waals surface area contributed by atoms with Crippen molar-refractivity contribution in [2.45, 2.75) is 39.7 Å². The molecule has 1 aromatic heterocycles. The van der Waals surface area contributed by atoms with E-state index in [1.807, 2.05) is 7.05 Å². The molecule has 0 atom stereocenters. The summed E-state index contributed by atoms with van der Waals surface area (Å²) in [4.78, 5) is 9.41. The number of guanidine groups is 1. The number of nitrogens with one attached hydrogen (secondary N) is 2. The normalized spacial score (nSPS) is 15.3. The number of aromatic nitrogens is 3. The fourth-order valence-electron chi connectivity index (χ4n) is 3.98. The van der Waals surface area contributed by atoms with Crippen LogP contribution in [0, 0.1) is 6.92 Å². The fraction of sp³-hybridized carbons (Fsp3) is 0.609. The first kappa shape index (κ1) is 23.1. The Morgan fingerprint density at radius 2 is 1.87 bits per heavy atom. The zero-order valence-corrected chi connectivity index (χ0v) is 19.3. The molecule has 31 heavy (non-hydrogen) atoms. The van der Waals surface area contributed by atoms with E-state index in [0.29, 0.717) is 0 Å². The number of unbranched alkanes of at least 4 members (excludes halogenated alkanes) is 1. The Morgan fingerprint density at radius 1 is 1.06 bits per heavy atom. The van der Waals surface area contributed by atoms with Gasteiger partial charge in [0.2, 0.25) is 0 Å². The lowest BCUT2D eigenvalue weighted by molar-refractivity contribution is 0.253. The van der Waals surface area contributed by atoms with Crippen molar-refractivity contribution in [1.29, 1.82) is 0 Å². The van der Waals surface area contributed by atoms with E-state index in [4.69, 9.17) is 0 Å². The molecular weight excluding hydrogens is 388 g/mol. The molecular formula is C23H38N8. The standard InChI is InChI=1S/C23H38N8/c1-4-22-28-27-19-31(22)13-11-26-23(24-3)25-10-5-6-12-29-14-16-30(17-15-29)21-9-7-8-20(2)18-21/h7-9,18-19H,4-6,10-17H2,1-3H3,(H2,24,25,26). The van der Waals surface area contributed by atoms with Crippen molar-refractivity contribution >= 4 is 11.6 Å². The van der Waals surface area contributed by atoms with Gasteiger partial charge in [-0.2, -0.15) is 0 Å². The number of aryl methyl sites for hydroxylation is 2. The van der Waals surface area contributed by atoms with Crippen LogP contribution in [-0.4, -0.2) is 78.5 Å². The molecule has 1 fully saturated rings. The first-order chi connectivity index (χ1) is 15.2. The highest BCUT2D eigenvalue weighted by Gasteiger charge is 2.16. The molecule has 3 rings (SSSR count). The first-order valence-corrected chi connectivity index (χ1v) is 11.5. The molecule has 0 aliphatic carbocycles. The number of aliphatic imine (C=N–C) groups is 1. The van der Waals surface area contributed by atoms with Crippen LogP contribution in [0.5, 0.6) is 0 Å². The lowest BCUT2D eigenvalue weighted by atomic mass is 10.2. The van der Waals surface area contributed by atoms with E-state index >= 15 is 0 Å². The predicted octanol–water partition coefficient (Wildman–Crippen LogP) is 1.92. The molecule has 2 aromatic rings. The van der Waals surface area contributed by atoms with Gasteiger partial charge in [-0.05, 0) is 44.0 Å². The third kappa shape index (κ3) is 7.24. The van der Waals surface area contributed by atoms with Crippen LogP contribution in [0.1, 0.15) is 31.2 Å². The van der Waals surface area contributed by atoms with Gasteiger partial charge >= 0.3 is 0 Å². The van der Waals surface area contributed by atoms with Crippen LogP contribution in [0.25, 0.3) is 0 Å². The van der Waals surface area contributed by atoms with E-state index in [2.05, 4.69) is 78.3 Å². The van der Waals surface area contributed by atoms with Gasteiger partial charge in [-0.1, -0.05) is 19.1 Å². The maximum absolute atomic E-state index is 4.32. The number of anilines is 1. The number of benzene rings is 1. The van der Waals surface area contributed by atoms with Gasteiger partial charge in [-0.3, -0.25) is 9.89 Å². The minimum absolute atomic E-state index is 0.802. The topological polar surface area (TPSA) is 73.6 Å². The van der Waals surface area contributed by atoms with Gasteiger partial charge in [-0.15, -0.1) is 10.2 Å². The van der Waals surface area contributed by atoms with Gasteiger partial charge in [0.15, 0.2) is 5.96 Å². The molecule has 8 nitrogen and oxygen atoms in total. The highest BCUT2D eigenvalue weighted by Crippen LogP contribution is 2.17. The predicted molar refractivity (Wildman–Crippen MR) is 128 cm³/mol. The van der Waals surface area contributed by atoms with Crippen LogP contribution in [0.4, 0.5) is 5.69 Å². The van der Waals surface area contributed by atoms with Crippen LogP contribution in [0.15, 0.2) is 35.6 Å². The van der Waals surface area contributed by atoms with Gasteiger partial charge in [-0.25, -0.2) is 0 Å². The summed E-state index contributed by atoms with van der Waals surface area (Å²) in [6, 6.07) is 8.84. The van der Waals surface area contributed by atoms with Gasteiger partial charge in [0.25, 0.3) is 0 Å². The number of rotatable bonds is 10. The average Bonchev–Trinajstić information content (AvgIpc) is 3.25. The van der Waals surface area contributed by atoms with Crippen LogP contribution >= 0.6 is 0 Å². The van der Waals surface area contributed by atoms with Gasteiger partial charge in [0, 0.05) is 65.0 Å². The summed E-state index contributed by atoms with van der Waals surface area (Å²) < 4.78 is 2.08.